The number of halogens is 2. The molecule has 3 aromatic rings. The number of methoxy groups -OCH3 is 2. The van der Waals surface area contributed by atoms with Crippen LogP contribution < -0.4 is 29.9 Å². The van der Waals surface area contributed by atoms with Gasteiger partial charge in [-0.2, -0.15) is 4.90 Å². The summed E-state index contributed by atoms with van der Waals surface area (Å²) in [6, 6.07) is 8.29. The summed E-state index contributed by atoms with van der Waals surface area (Å²) in [5.41, 5.74) is 4.77. The molecule has 15 heteroatoms. The zero-order chi connectivity index (χ0) is 34.8. The average Bonchev–Trinajstić information content (AvgIpc) is 3.80. The molecule has 4 rings (SSSR count). The van der Waals surface area contributed by atoms with Crippen LogP contribution in [0.4, 0.5) is 43.1 Å². The van der Waals surface area contributed by atoms with E-state index in [-0.39, 0.29) is 50.6 Å². The third-order valence-electron chi connectivity index (χ3n) is 6.53. The molecule has 0 radical (unpaired) electrons. The summed E-state index contributed by atoms with van der Waals surface area (Å²) in [7, 11) is 2.74. The first-order valence-electron chi connectivity index (χ1n) is 14.6. The first-order chi connectivity index (χ1) is 22.0. The minimum Gasteiger partial charge on any atom is -0.495 e. The number of rotatable bonds is 7. The van der Waals surface area contributed by atoms with Gasteiger partial charge in [0.2, 0.25) is 0 Å². The molecule has 0 saturated heterocycles. The van der Waals surface area contributed by atoms with Crippen molar-refractivity contribution >= 4 is 70.1 Å². The summed E-state index contributed by atoms with van der Waals surface area (Å²) < 4.78 is 22.1. The summed E-state index contributed by atoms with van der Waals surface area (Å²) in [5, 5.41) is -0.264. The lowest BCUT2D eigenvalue weighted by Crippen LogP contribution is -2.50. The Morgan fingerprint density at radius 2 is 1.36 bits per heavy atom. The van der Waals surface area contributed by atoms with Gasteiger partial charge in [-0.15, -0.1) is 0 Å². The Morgan fingerprint density at radius 3 is 1.87 bits per heavy atom. The van der Waals surface area contributed by atoms with E-state index in [2.05, 4.69) is 9.97 Å². The zero-order valence-corrected chi connectivity index (χ0v) is 29.0. The van der Waals surface area contributed by atoms with Gasteiger partial charge in [-0.25, -0.2) is 29.3 Å². The molecule has 0 unspecified atom stereocenters. The van der Waals surface area contributed by atoms with Crippen LogP contribution in [0.15, 0.2) is 42.7 Å². The van der Waals surface area contributed by atoms with Crippen molar-refractivity contribution in [3.63, 3.8) is 0 Å². The monoisotopic (exact) mass is 688 g/mol. The molecule has 0 atom stereocenters. The number of ether oxygens (including phenoxy) is 4. The molecule has 1 aromatic heterocycles. The molecule has 1 heterocycles. The van der Waals surface area contributed by atoms with Crippen LogP contribution in [0.2, 0.25) is 10.0 Å². The average molecular weight is 690 g/mol. The number of urea groups is 1. The van der Waals surface area contributed by atoms with Crippen LogP contribution in [0.3, 0.4) is 0 Å². The van der Waals surface area contributed by atoms with Gasteiger partial charge in [0.1, 0.15) is 56.4 Å². The zero-order valence-electron chi connectivity index (χ0n) is 27.5. The Hall–Kier alpha value is -4.49. The fourth-order valence-corrected chi connectivity index (χ4v) is 5.10. The van der Waals surface area contributed by atoms with Gasteiger partial charge in [0, 0.05) is 18.2 Å². The van der Waals surface area contributed by atoms with E-state index in [1.807, 2.05) is 0 Å². The predicted octanol–water partition coefficient (Wildman–Crippen LogP) is 7.99. The molecule has 2 aromatic carbocycles. The van der Waals surface area contributed by atoms with Crippen LogP contribution in [0, 0.1) is 0 Å². The summed E-state index contributed by atoms with van der Waals surface area (Å²) in [6.07, 6.45) is 0.557. The standard InChI is InChI=1S/C32H38Cl2N6O7/c1-31(2,3)46-29(42)39(20-12-10-9-11-19(20)35)24-16-23(36-17-37-24)38(18-13-14-18)28(41)40(30(43)47-32(4,5)6)27-25(33)21(44-7)15-22(45-8)26(27)34/h9-12,15-18H,13-14,35H2,1-8H3. The van der Waals surface area contributed by atoms with Crippen LogP contribution in [0.1, 0.15) is 54.4 Å². The van der Waals surface area contributed by atoms with Crippen molar-refractivity contribution in [2.45, 2.75) is 71.6 Å². The van der Waals surface area contributed by atoms with Gasteiger partial charge >= 0.3 is 18.2 Å². The van der Waals surface area contributed by atoms with E-state index in [1.54, 1.807) is 65.8 Å². The SMILES string of the molecule is COc1cc(OC)c(Cl)c(N(C(=O)OC(C)(C)C)C(=O)N(c2cc(N(C(=O)OC(C)(C)C)c3ccccc3N)ncn2)C2CC2)c1Cl. The Labute approximate surface area is 283 Å². The van der Waals surface area contributed by atoms with Gasteiger partial charge < -0.3 is 24.7 Å². The fraction of sp³-hybridized carbons (Fsp3) is 0.406. The number of imide groups is 1. The predicted molar refractivity (Wildman–Crippen MR) is 180 cm³/mol. The van der Waals surface area contributed by atoms with Crippen LogP contribution >= 0.6 is 23.2 Å². The van der Waals surface area contributed by atoms with E-state index in [9.17, 15) is 14.4 Å². The Balaban J connectivity index is 1.89. The van der Waals surface area contributed by atoms with Crippen molar-refractivity contribution < 1.29 is 33.3 Å². The lowest BCUT2D eigenvalue weighted by molar-refractivity contribution is 0.0584. The van der Waals surface area contributed by atoms with E-state index < -0.39 is 29.4 Å². The van der Waals surface area contributed by atoms with E-state index in [0.29, 0.717) is 18.5 Å². The van der Waals surface area contributed by atoms with E-state index >= 15 is 0 Å². The van der Waals surface area contributed by atoms with Crippen LogP contribution in [0.5, 0.6) is 11.5 Å². The number of para-hydroxylation sites is 2. The van der Waals surface area contributed by atoms with Crippen molar-refractivity contribution in [3.05, 3.63) is 52.8 Å². The normalized spacial score (nSPS) is 13.0. The molecule has 1 aliphatic carbocycles. The second kappa shape index (κ2) is 13.7. The molecule has 4 amide bonds. The quantitative estimate of drug-likeness (QED) is 0.242. The van der Waals surface area contributed by atoms with Gasteiger partial charge in [0.05, 0.1) is 25.6 Å². The maximum Gasteiger partial charge on any atom is 0.423 e. The van der Waals surface area contributed by atoms with Gasteiger partial charge in [0.25, 0.3) is 0 Å². The Bertz CT molecular complexity index is 1640. The third kappa shape index (κ3) is 8.09. The first-order valence-corrected chi connectivity index (χ1v) is 15.4. The Morgan fingerprint density at radius 1 is 0.830 bits per heavy atom. The number of nitrogen functional groups attached to an aromatic ring is 1. The number of nitrogens with zero attached hydrogens (tertiary/aromatic N) is 5. The number of anilines is 5. The Kier molecular flexibility index (Phi) is 10.3. The van der Waals surface area contributed by atoms with E-state index in [0.717, 1.165) is 4.90 Å². The second-order valence-corrected chi connectivity index (χ2v) is 13.3. The van der Waals surface area contributed by atoms with Crippen LogP contribution in [-0.2, 0) is 9.47 Å². The van der Waals surface area contributed by atoms with Gasteiger partial charge in [-0.05, 0) is 66.5 Å². The molecule has 1 saturated carbocycles. The highest BCUT2D eigenvalue weighted by molar-refractivity contribution is 6.43. The maximum absolute atomic E-state index is 14.7. The number of carbonyl (C=O) groups is 3. The topological polar surface area (TPSA) is 150 Å². The molecule has 0 bridgehead atoms. The smallest absolute Gasteiger partial charge is 0.423 e. The molecule has 0 spiro atoms. The lowest BCUT2D eigenvalue weighted by atomic mass is 10.2. The fourth-order valence-electron chi connectivity index (χ4n) is 4.43. The molecule has 2 N–H and O–H groups in total. The third-order valence-corrected chi connectivity index (χ3v) is 7.26. The lowest BCUT2D eigenvalue weighted by Gasteiger charge is -2.32. The molecular weight excluding hydrogens is 651 g/mol. The highest BCUT2D eigenvalue weighted by Crippen LogP contribution is 2.47. The molecule has 0 aliphatic heterocycles. The summed E-state index contributed by atoms with van der Waals surface area (Å²) in [4.78, 5) is 54.0. The first kappa shape index (κ1) is 35.4. The number of benzene rings is 2. The van der Waals surface area contributed by atoms with Crippen molar-refractivity contribution in [2.75, 3.05) is 34.7 Å². The molecule has 1 aliphatic rings. The molecule has 1 fully saturated rings. The number of hydrogen-bond acceptors (Lipinski definition) is 10. The van der Waals surface area contributed by atoms with Crippen LogP contribution in [0.25, 0.3) is 0 Å². The minimum absolute atomic E-state index is 0.0588. The van der Waals surface area contributed by atoms with Crippen molar-refractivity contribution in [3.8, 4) is 11.5 Å². The highest BCUT2D eigenvalue weighted by atomic mass is 35.5. The minimum atomic E-state index is -1.06. The van der Waals surface area contributed by atoms with Crippen molar-refractivity contribution in [1.82, 2.24) is 9.97 Å². The van der Waals surface area contributed by atoms with E-state index in [4.69, 9.17) is 47.9 Å². The summed E-state index contributed by atoms with van der Waals surface area (Å²) >= 11 is 13.4. The largest absolute Gasteiger partial charge is 0.495 e. The molecular formula is C32H38Cl2N6O7. The molecule has 252 valence electrons. The number of hydrogen-bond donors (Lipinski definition) is 1. The number of amides is 4. The van der Waals surface area contributed by atoms with Crippen molar-refractivity contribution in [1.29, 1.82) is 0 Å². The number of aromatic nitrogens is 2. The number of carbonyl (C=O) groups excluding carboxylic acids is 3. The molecule has 13 nitrogen and oxygen atoms in total. The van der Waals surface area contributed by atoms with Gasteiger partial charge in [-0.1, -0.05) is 35.3 Å². The van der Waals surface area contributed by atoms with Gasteiger partial charge in [-0.3, -0.25) is 4.90 Å². The van der Waals surface area contributed by atoms with E-state index in [1.165, 1.54) is 42.5 Å². The van der Waals surface area contributed by atoms with Crippen LogP contribution in [-0.4, -0.2) is 59.6 Å². The second-order valence-electron chi connectivity index (χ2n) is 12.6. The maximum atomic E-state index is 14.7. The summed E-state index contributed by atoms with van der Waals surface area (Å²) in [6.45, 7) is 10.1. The van der Waals surface area contributed by atoms with Crippen molar-refractivity contribution in [2.24, 2.45) is 0 Å². The molecule has 47 heavy (non-hydrogen) atoms. The summed E-state index contributed by atoms with van der Waals surface area (Å²) in [5.74, 6) is 0.324. The van der Waals surface area contributed by atoms with Gasteiger partial charge in [0.15, 0.2) is 0 Å². The highest BCUT2D eigenvalue weighted by Gasteiger charge is 2.43. The number of nitrogens with two attached hydrogens (primary N) is 1.